The zero-order valence-electron chi connectivity index (χ0n) is 17.2. The molecule has 2 aliphatic carbocycles. The fourth-order valence-corrected chi connectivity index (χ4v) is 7.16. The van der Waals surface area contributed by atoms with Gasteiger partial charge in [-0.15, -0.1) is 0 Å². The van der Waals surface area contributed by atoms with Gasteiger partial charge in [-0.25, -0.2) is 4.79 Å². The summed E-state index contributed by atoms with van der Waals surface area (Å²) in [5.74, 6) is -0.0286. The lowest BCUT2D eigenvalue weighted by atomic mass is 9.81. The van der Waals surface area contributed by atoms with Crippen molar-refractivity contribution >= 4 is 55.3 Å². The molecule has 0 unspecified atom stereocenters. The number of imide groups is 1. The van der Waals surface area contributed by atoms with E-state index >= 15 is 0 Å². The van der Waals surface area contributed by atoms with Crippen molar-refractivity contribution in [2.24, 2.45) is 23.7 Å². The maximum Gasteiger partial charge on any atom is 0.349 e. The van der Waals surface area contributed by atoms with Crippen LogP contribution in [0.4, 0.5) is 5.69 Å². The van der Waals surface area contributed by atoms with Crippen LogP contribution in [0.5, 0.6) is 11.5 Å². The molecule has 32 heavy (non-hydrogen) atoms. The van der Waals surface area contributed by atoms with Gasteiger partial charge in [0.15, 0.2) is 6.61 Å². The zero-order valence-corrected chi connectivity index (χ0v) is 20.4. The van der Waals surface area contributed by atoms with Crippen LogP contribution >= 0.6 is 31.9 Å². The van der Waals surface area contributed by atoms with Crippen LogP contribution in [0.15, 0.2) is 48.5 Å². The van der Waals surface area contributed by atoms with Crippen molar-refractivity contribution in [1.29, 1.82) is 0 Å². The number of anilines is 1. The van der Waals surface area contributed by atoms with E-state index in [-0.39, 0.29) is 51.7 Å². The largest absolute Gasteiger partial charge is 0.482 e. The van der Waals surface area contributed by atoms with E-state index in [0.717, 1.165) is 12.0 Å². The van der Waals surface area contributed by atoms with Crippen LogP contribution in [0.3, 0.4) is 0 Å². The monoisotopic (exact) mass is 561 g/mol. The molecule has 166 valence electrons. The Kier molecular flexibility index (Phi) is 5.61. The Morgan fingerprint density at radius 2 is 1.56 bits per heavy atom. The summed E-state index contributed by atoms with van der Waals surface area (Å²) < 4.78 is 10.8. The van der Waals surface area contributed by atoms with Gasteiger partial charge in [-0.2, -0.15) is 0 Å². The molecule has 1 saturated heterocycles. The second-order valence-corrected chi connectivity index (χ2v) is 10.7. The first-order chi connectivity index (χ1) is 15.4. The summed E-state index contributed by atoms with van der Waals surface area (Å²) in [5.41, 5.74) is 1.43. The summed E-state index contributed by atoms with van der Waals surface area (Å²) >= 11 is 7.39. The van der Waals surface area contributed by atoms with Crippen LogP contribution in [0.25, 0.3) is 0 Å². The van der Waals surface area contributed by atoms with Gasteiger partial charge < -0.3 is 9.47 Å². The first-order valence-corrected chi connectivity index (χ1v) is 12.3. The summed E-state index contributed by atoms with van der Waals surface area (Å²) in [7, 11) is 0. The molecule has 0 radical (unpaired) electrons. The van der Waals surface area contributed by atoms with E-state index in [0.29, 0.717) is 17.2 Å². The number of hydrogen-bond donors (Lipinski definition) is 0. The number of carbonyl (C=O) groups is 3. The maximum atomic E-state index is 13.1. The predicted molar refractivity (Wildman–Crippen MR) is 125 cm³/mol. The standard InChI is InChI=1S/C24H21Br2NO5/c1-12-4-2-3-5-17(12)31-11-18(28)32-14-8-6-13(7-9-14)27-23(29)19-15-10-16(20(19)24(27)30)22(26)21(15)25/h2-9,15-16,19-22H,10-11H2,1H3/t15-,16+,19-,20+,21-,22+. The lowest BCUT2D eigenvalue weighted by Gasteiger charge is -2.28. The Balaban J connectivity index is 1.24. The molecule has 6 nitrogen and oxygen atoms in total. The minimum Gasteiger partial charge on any atom is -0.482 e. The number of fused-ring (bicyclic) bond motifs is 5. The Morgan fingerprint density at radius 3 is 2.16 bits per heavy atom. The van der Waals surface area contributed by atoms with E-state index in [4.69, 9.17) is 9.47 Å². The molecule has 0 spiro atoms. The van der Waals surface area contributed by atoms with Crippen molar-refractivity contribution in [2.45, 2.75) is 23.0 Å². The van der Waals surface area contributed by atoms with Crippen molar-refractivity contribution < 1.29 is 23.9 Å². The first kappa shape index (κ1) is 21.6. The molecule has 0 aromatic heterocycles. The molecular formula is C24H21Br2NO5. The summed E-state index contributed by atoms with van der Waals surface area (Å²) in [6.07, 6.45) is 0.895. The van der Waals surface area contributed by atoms with Gasteiger partial charge in [0.1, 0.15) is 11.5 Å². The van der Waals surface area contributed by atoms with E-state index < -0.39 is 5.97 Å². The van der Waals surface area contributed by atoms with Crippen molar-refractivity contribution in [3.8, 4) is 11.5 Å². The molecule has 2 saturated carbocycles. The van der Waals surface area contributed by atoms with Crippen LogP contribution < -0.4 is 14.4 Å². The number of halogens is 2. The summed E-state index contributed by atoms with van der Waals surface area (Å²) in [4.78, 5) is 40.1. The van der Waals surface area contributed by atoms with Crippen LogP contribution in [-0.4, -0.2) is 34.0 Å². The van der Waals surface area contributed by atoms with Gasteiger partial charge in [-0.3, -0.25) is 14.5 Å². The van der Waals surface area contributed by atoms with Crippen LogP contribution in [-0.2, 0) is 14.4 Å². The number of esters is 1. The van der Waals surface area contributed by atoms with Gasteiger partial charge >= 0.3 is 5.97 Å². The minimum atomic E-state index is -0.535. The number of amides is 2. The maximum absolute atomic E-state index is 13.1. The second-order valence-electron chi connectivity index (χ2n) is 8.54. The molecule has 2 amide bonds. The topological polar surface area (TPSA) is 72.9 Å². The van der Waals surface area contributed by atoms with Crippen LogP contribution in [0.2, 0.25) is 0 Å². The number of benzene rings is 2. The molecule has 1 heterocycles. The fraction of sp³-hybridized carbons (Fsp3) is 0.375. The number of ether oxygens (including phenoxy) is 2. The van der Waals surface area contributed by atoms with Gasteiger partial charge in [0.2, 0.25) is 11.8 Å². The zero-order chi connectivity index (χ0) is 22.6. The molecule has 2 bridgehead atoms. The van der Waals surface area contributed by atoms with Crippen molar-refractivity contribution in [2.75, 3.05) is 11.5 Å². The summed E-state index contributed by atoms with van der Waals surface area (Å²) in [6.45, 7) is 1.68. The molecule has 3 fully saturated rings. The third kappa shape index (κ3) is 3.48. The fourth-order valence-electron chi connectivity index (χ4n) is 5.28. The van der Waals surface area contributed by atoms with E-state index in [1.807, 2.05) is 25.1 Å². The SMILES string of the molecule is Cc1ccccc1OCC(=O)Oc1ccc(N2C(=O)[C@@H]3[C@H]4C[C@H]([C@H](Br)[C@@H]4Br)[C@@H]3C2=O)cc1. The third-order valence-electron chi connectivity index (χ3n) is 6.75. The van der Waals surface area contributed by atoms with Crippen LogP contribution in [0, 0.1) is 30.6 Å². The highest BCUT2D eigenvalue weighted by molar-refractivity contribution is 9.12. The Morgan fingerprint density at radius 1 is 0.969 bits per heavy atom. The smallest absolute Gasteiger partial charge is 0.349 e. The molecule has 5 rings (SSSR count). The van der Waals surface area contributed by atoms with Gasteiger partial charge in [0.05, 0.1) is 17.5 Å². The highest BCUT2D eigenvalue weighted by Gasteiger charge is 2.66. The highest BCUT2D eigenvalue weighted by Crippen LogP contribution is 2.60. The van der Waals surface area contributed by atoms with Crippen molar-refractivity contribution in [3.63, 3.8) is 0 Å². The molecule has 3 aliphatic rings. The Hall–Kier alpha value is -2.19. The number of carbonyl (C=O) groups excluding carboxylic acids is 3. The molecular weight excluding hydrogens is 542 g/mol. The molecule has 0 N–H and O–H groups in total. The van der Waals surface area contributed by atoms with Gasteiger partial charge in [0.25, 0.3) is 0 Å². The Labute approximate surface area is 202 Å². The number of nitrogens with zero attached hydrogens (tertiary/aromatic N) is 1. The van der Waals surface area contributed by atoms with E-state index in [2.05, 4.69) is 31.9 Å². The summed E-state index contributed by atoms with van der Waals surface area (Å²) in [5, 5.41) is 0. The first-order valence-electron chi connectivity index (χ1n) is 10.5. The molecule has 2 aromatic carbocycles. The van der Waals surface area contributed by atoms with E-state index in [9.17, 15) is 14.4 Å². The normalized spacial score (nSPS) is 30.5. The van der Waals surface area contributed by atoms with Crippen LogP contribution in [0.1, 0.15) is 12.0 Å². The minimum absolute atomic E-state index is 0.132. The molecule has 8 heteroatoms. The van der Waals surface area contributed by atoms with Crippen molar-refractivity contribution in [3.05, 3.63) is 54.1 Å². The highest BCUT2D eigenvalue weighted by atomic mass is 79.9. The number of aryl methyl sites for hydroxylation is 1. The average molecular weight is 563 g/mol. The van der Waals surface area contributed by atoms with E-state index in [1.165, 1.54) is 4.90 Å². The van der Waals surface area contributed by atoms with Gasteiger partial charge in [0, 0.05) is 9.65 Å². The molecule has 6 atom stereocenters. The quantitative estimate of drug-likeness (QED) is 0.236. The molecule has 2 aromatic rings. The number of para-hydroxylation sites is 1. The second kappa shape index (κ2) is 8.30. The number of alkyl halides is 2. The lowest BCUT2D eigenvalue weighted by Crippen LogP contribution is -2.37. The molecule has 1 aliphatic heterocycles. The van der Waals surface area contributed by atoms with Crippen molar-refractivity contribution in [1.82, 2.24) is 0 Å². The van der Waals surface area contributed by atoms with E-state index in [1.54, 1.807) is 30.3 Å². The van der Waals surface area contributed by atoms with Gasteiger partial charge in [-0.05, 0) is 61.1 Å². The number of hydrogen-bond acceptors (Lipinski definition) is 5. The lowest BCUT2D eigenvalue weighted by molar-refractivity contribution is -0.136. The number of rotatable bonds is 5. The predicted octanol–water partition coefficient (Wildman–Crippen LogP) is 4.26. The van der Waals surface area contributed by atoms with Gasteiger partial charge in [-0.1, -0.05) is 50.1 Å². The average Bonchev–Trinajstić information content (AvgIpc) is 3.39. The third-order valence-corrected chi connectivity index (χ3v) is 9.96. The summed E-state index contributed by atoms with van der Waals surface area (Å²) in [6, 6.07) is 13.9. The Bertz CT molecular complexity index is 1060.